The lowest BCUT2D eigenvalue weighted by atomic mass is 10.1. The molecule has 0 aliphatic carbocycles. The summed E-state index contributed by atoms with van der Waals surface area (Å²) < 4.78 is 1.28. The quantitative estimate of drug-likeness (QED) is 0.509. The number of carbonyl (C=O) groups is 1. The minimum atomic E-state index is -0.688. The van der Waals surface area contributed by atoms with Crippen molar-refractivity contribution in [2.24, 2.45) is 10.2 Å². The minimum absolute atomic E-state index is 0.0490. The Bertz CT molecular complexity index is 1330. The summed E-state index contributed by atoms with van der Waals surface area (Å²) in [5.41, 5.74) is 1.65. The Morgan fingerprint density at radius 2 is 1.86 bits per heavy atom. The summed E-state index contributed by atoms with van der Waals surface area (Å²) in [5, 5.41) is 23.7. The van der Waals surface area contributed by atoms with Crippen LogP contribution in [0.2, 0.25) is 0 Å². The van der Waals surface area contributed by atoms with Crippen LogP contribution in [0.4, 0.5) is 5.69 Å². The molecule has 2 heterocycles. The third-order valence-corrected chi connectivity index (χ3v) is 4.74. The van der Waals surface area contributed by atoms with Crippen molar-refractivity contribution in [2.45, 2.75) is 26.8 Å². The summed E-state index contributed by atoms with van der Waals surface area (Å²) in [5.74, 6) is -0.855. The molecule has 0 saturated heterocycles. The molecule has 0 bridgehead atoms. The van der Waals surface area contributed by atoms with Gasteiger partial charge in [-0.2, -0.15) is 5.10 Å². The smallest absolute Gasteiger partial charge is 0.316 e. The Morgan fingerprint density at radius 1 is 1.14 bits per heavy atom. The number of fused-ring (bicyclic) bond motifs is 2. The number of amides is 1. The lowest BCUT2D eigenvalue weighted by Gasteiger charge is -2.07. The first kappa shape index (κ1) is 18.5. The summed E-state index contributed by atoms with van der Waals surface area (Å²) in [6.07, 6.45) is 0.697. The van der Waals surface area contributed by atoms with Gasteiger partial charge in [0.2, 0.25) is 5.88 Å². The van der Waals surface area contributed by atoms with Gasteiger partial charge in [0.05, 0.1) is 10.9 Å². The number of carbonyl (C=O) groups excluding carboxylic acids is 1. The van der Waals surface area contributed by atoms with Gasteiger partial charge in [-0.25, -0.2) is 4.68 Å². The van der Waals surface area contributed by atoms with Gasteiger partial charge in [-0.05, 0) is 25.0 Å². The van der Waals surface area contributed by atoms with E-state index in [1.165, 1.54) is 4.68 Å². The average molecular weight is 389 g/mol. The standard InChI is InChI=1S/C21H19N5O3/c1-3-11-26-21(29)14-9-5-4-8-13(14)18(25-26)20(28)24-23-17-15-10-6-7-12(2)16(15)22-19(17)27/h4-10,22,27H,3,11H2,1-2H3. The van der Waals surface area contributed by atoms with E-state index in [4.69, 9.17) is 0 Å². The Hall–Kier alpha value is -3.81. The normalized spacial score (nSPS) is 11.7. The van der Waals surface area contributed by atoms with Gasteiger partial charge in [-0.1, -0.05) is 43.3 Å². The van der Waals surface area contributed by atoms with E-state index in [0.29, 0.717) is 29.1 Å². The maximum absolute atomic E-state index is 12.8. The van der Waals surface area contributed by atoms with Gasteiger partial charge in [-0.3, -0.25) is 9.59 Å². The van der Waals surface area contributed by atoms with E-state index in [9.17, 15) is 14.7 Å². The molecule has 0 unspecified atom stereocenters. The monoisotopic (exact) mass is 389 g/mol. The maximum atomic E-state index is 12.8. The van der Waals surface area contributed by atoms with Crippen LogP contribution in [0.15, 0.2) is 57.5 Å². The molecule has 4 aromatic rings. The van der Waals surface area contributed by atoms with Gasteiger partial charge in [0.15, 0.2) is 11.4 Å². The van der Waals surface area contributed by atoms with E-state index < -0.39 is 5.91 Å². The molecule has 2 N–H and O–H groups in total. The molecular weight excluding hydrogens is 370 g/mol. The number of rotatable bonds is 4. The fourth-order valence-corrected chi connectivity index (χ4v) is 3.34. The van der Waals surface area contributed by atoms with Crippen LogP contribution < -0.4 is 5.56 Å². The molecule has 1 amide bonds. The number of aryl methyl sites for hydroxylation is 2. The number of aromatic hydroxyl groups is 1. The Morgan fingerprint density at radius 3 is 2.62 bits per heavy atom. The highest BCUT2D eigenvalue weighted by molar-refractivity contribution is 6.05. The van der Waals surface area contributed by atoms with Crippen LogP contribution >= 0.6 is 0 Å². The topological polar surface area (TPSA) is 113 Å². The van der Waals surface area contributed by atoms with Crippen molar-refractivity contribution >= 4 is 33.3 Å². The molecule has 0 aliphatic heterocycles. The zero-order valence-electron chi connectivity index (χ0n) is 16.0. The fourth-order valence-electron chi connectivity index (χ4n) is 3.34. The van der Waals surface area contributed by atoms with Crippen molar-refractivity contribution in [1.82, 2.24) is 14.8 Å². The highest BCUT2D eigenvalue weighted by atomic mass is 16.3. The van der Waals surface area contributed by atoms with E-state index in [1.54, 1.807) is 30.3 Å². The molecule has 0 spiro atoms. The van der Waals surface area contributed by atoms with Gasteiger partial charge in [-0.15, -0.1) is 10.2 Å². The first-order valence-electron chi connectivity index (χ1n) is 9.27. The van der Waals surface area contributed by atoms with Crippen molar-refractivity contribution in [2.75, 3.05) is 0 Å². The molecule has 0 aliphatic rings. The number of aromatic nitrogens is 3. The first-order chi connectivity index (χ1) is 14.0. The lowest BCUT2D eigenvalue weighted by Crippen LogP contribution is -2.25. The second-order valence-corrected chi connectivity index (χ2v) is 6.75. The van der Waals surface area contributed by atoms with Gasteiger partial charge in [0, 0.05) is 17.3 Å². The zero-order chi connectivity index (χ0) is 20.5. The first-order valence-corrected chi connectivity index (χ1v) is 9.27. The lowest BCUT2D eigenvalue weighted by molar-refractivity contribution is 0.0989. The molecule has 0 radical (unpaired) electrons. The van der Waals surface area contributed by atoms with Crippen molar-refractivity contribution in [3.05, 3.63) is 64.1 Å². The number of azo groups is 1. The van der Waals surface area contributed by atoms with E-state index in [-0.39, 0.29) is 22.8 Å². The van der Waals surface area contributed by atoms with Crippen LogP contribution in [-0.2, 0) is 6.54 Å². The summed E-state index contributed by atoms with van der Waals surface area (Å²) in [6.45, 7) is 4.22. The van der Waals surface area contributed by atoms with Crippen molar-refractivity contribution < 1.29 is 9.90 Å². The minimum Gasteiger partial charge on any atom is -0.493 e. The highest BCUT2D eigenvalue weighted by Crippen LogP contribution is 2.36. The van der Waals surface area contributed by atoms with Crippen molar-refractivity contribution in [3.8, 4) is 5.88 Å². The van der Waals surface area contributed by atoms with E-state index >= 15 is 0 Å². The van der Waals surface area contributed by atoms with E-state index in [2.05, 4.69) is 20.3 Å². The SMILES string of the molecule is CCCn1nc(C(=O)N=Nc2c(O)[nH]c3c(C)cccc23)c2ccccc2c1=O. The summed E-state index contributed by atoms with van der Waals surface area (Å²) >= 11 is 0. The molecule has 4 rings (SSSR count). The van der Waals surface area contributed by atoms with Crippen LogP contribution in [-0.4, -0.2) is 25.8 Å². The predicted octanol–water partition coefficient (Wildman–Crippen LogP) is 4.23. The van der Waals surface area contributed by atoms with Gasteiger partial charge < -0.3 is 10.1 Å². The summed E-state index contributed by atoms with van der Waals surface area (Å²) in [7, 11) is 0. The molecule has 2 aromatic carbocycles. The molecule has 0 fully saturated rings. The fraction of sp³-hybridized carbons (Fsp3) is 0.190. The Kier molecular flexibility index (Phi) is 4.67. The number of H-pyrrole nitrogens is 1. The van der Waals surface area contributed by atoms with Crippen LogP contribution in [0.3, 0.4) is 0 Å². The number of hydrogen-bond donors (Lipinski definition) is 2. The van der Waals surface area contributed by atoms with E-state index in [1.807, 2.05) is 26.0 Å². The number of para-hydroxylation sites is 1. The number of aromatic amines is 1. The molecule has 0 saturated carbocycles. The van der Waals surface area contributed by atoms with Crippen LogP contribution in [0.25, 0.3) is 21.7 Å². The van der Waals surface area contributed by atoms with E-state index in [0.717, 1.165) is 11.1 Å². The average Bonchev–Trinajstić information content (AvgIpc) is 3.05. The highest BCUT2D eigenvalue weighted by Gasteiger charge is 2.17. The van der Waals surface area contributed by atoms with Crippen LogP contribution in [0.1, 0.15) is 29.4 Å². The molecule has 2 aromatic heterocycles. The number of benzene rings is 2. The number of nitrogens with one attached hydrogen (secondary N) is 1. The molecule has 8 nitrogen and oxygen atoms in total. The predicted molar refractivity (Wildman–Crippen MR) is 110 cm³/mol. The molecular formula is C21H19N5O3. The van der Waals surface area contributed by atoms with Crippen molar-refractivity contribution in [1.29, 1.82) is 0 Å². The van der Waals surface area contributed by atoms with Gasteiger partial charge >= 0.3 is 5.91 Å². The molecule has 0 atom stereocenters. The van der Waals surface area contributed by atoms with Crippen molar-refractivity contribution in [3.63, 3.8) is 0 Å². The number of nitrogens with zero attached hydrogens (tertiary/aromatic N) is 4. The Labute approximate surface area is 165 Å². The molecule has 29 heavy (non-hydrogen) atoms. The maximum Gasteiger partial charge on any atom is 0.316 e. The molecule has 8 heteroatoms. The third-order valence-electron chi connectivity index (χ3n) is 4.74. The second kappa shape index (κ2) is 7.31. The Balaban J connectivity index is 1.81. The summed E-state index contributed by atoms with van der Waals surface area (Å²) in [4.78, 5) is 28.2. The largest absolute Gasteiger partial charge is 0.493 e. The second-order valence-electron chi connectivity index (χ2n) is 6.75. The van der Waals surface area contributed by atoms with Crippen LogP contribution in [0, 0.1) is 6.92 Å². The summed E-state index contributed by atoms with van der Waals surface area (Å²) in [6, 6.07) is 12.3. The van der Waals surface area contributed by atoms with Crippen LogP contribution in [0.5, 0.6) is 5.88 Å². The third kappa shape index (κ3) is 3.18. The van der Waals surface area contributed by atoms with Gasteiger partial charge in [0.25, 0.3) is 5.56 Å². The zero-order valence-corrected chi connectivity index (χ0v) is 16.0. The number of hydrogen-bond acceptors (Lipinski definition) is 5. The van der Waals surface area contributed by atoms with Gasteiger partial charge in [0.1, 0.15) is 0 Å². The molecule has 146 valence electrons.